The van der Waals surface area contributed by atoms with E-state index in [0.29, 0.717) is 12.0 Å². The molecule has 0 aliphatic carbocycles. The van der Waals surface area contributed by atoms with Crippen molar-refractivity contribution in [2.24, 2.45) is 5.92 Å². The molecule has 3 saturated heterocycles. The summed E-state index contributed by atoms with van der Waals surface area (Å²) in [7, 11) is 0. The Morgan fingerprint density at radius 3 is 2.59 bits per heavy atom. The highest BCUT2D eigenvalue weighted by molar-refractivity contribution is 5.73. The number of anilines is 1. The maximum absolute atomic E-state index is 11.8. The van der Waals surface area contributed by atoms with E-state index in [2.05, 4.69) is 41.0 Å². The SMILES string of the molecule is CC(=O)N1CC[C@H]2[C@H](CCCCN2CC2(O)CCN(c3ccccc3C)CC2)C1. The molecule has 2 atom stereocenters. The second-order valence-corrected chi connectivity index (χ2v) is 9.55. The van der Waals surface area contributed by atoms with E-state index in [1.54, 1.807) is 6.92 Å². The van der Waals surface area contributed by atoms with E-state index < -0.39 is 5.60 Å². The third-order valence-electron chi connectivity index (χ3n) is 7.53. The molecule has 5 nitrogen and oxygen atoms in total. The van der Waals surface area contributed by atoms with Gasteiger partial charge in [-0.05, 0) is 63.1 Å². The van der Waals surface area contributed by atoms with Crippen LogP contribution in [0.4, 0.5) is 5.69 Å². The lowest BCUT2D eigenvalue weighted by Crippen LogP contribution is -2.57. The van der Waals surface area contributed by atoms with E-state index in [4.69, 9.17) is 0 Å². The number of hydrogen-bond donors (Lipinski definition) is 1. The van der Waals surface area contributed by atoms with Crippen molar-refractivity contribution in [3.8, 4) is 0 Å². The van der Waals surface area contributed by atoms with Gasteiger partial charge in [-0.15, -0.1) is 0 Å². The Morgan fingerprint density at radius 2 is 1.86 bits per heavy atom. The molecule has 4 rings (SSSR count). The van der Waals surface area contributed by atoms with Gasteiger partial charge >= 0.3 is 0 Å². The van der Waals surface area contributed by atoms with Crippen LogP contribution in [0.1, 0.15) is 51.0 Å². The first-order valence-corrected chi connectivity index (χ1v) is 11.5. The maximum Gasteiger partial charge on any atom is 0.219 e. The van der Waals surface area contributed by atoms with Crippen LogP contribution in [-0.4, -0.2) is 71.7 Å². The van der Waals surface area contributed by atoms with Crippen LogP contribution in [0.25, 0.3) is 0 Å². The van der Waals surface area contributed by atoms with Gasteiger partial charge in [0.05, 0.1) is 5.60 Å². The minimum absolute atomic E-state index is 0.210. The van der Waals surface area contributed by atoms with E-state index in [0.717, 1.165) is 58.5 Å². The van der Waals surface area contributed by atoms with Crippen molar-refractivity contribution >= 4 is 11.6 Å². The number of nitrogens with zero attached hydrogens (tertiary/aromatic N) is 3. The second kappa shape index (κ2) is 8.65. The molecule has 0 aromatic heterocycles. The molecule has 3 heterocycles. The molecule has 1 aromatic rings. The van der Waals surface area contributed by atoms with Crippen molar-refractivity contribution in [2.45, 2.75) is 64.0 Å². The number of aliphatic hydroxyl groups is 1. The predicted octanol–water partition coefficient (Wildman–Crippen LogP) is 3.05. The minimum atomic E-state index is -0.591. The van der Waals surface area contributed by atoms with Gasteiger partial charge in [-0.2, -0.15) is 0 Å². The number of piperidine rings is 2. The molecule has 29 heavy (non-hydrogen) atoms. The van der Waals surface area contributed by atoms with E-state index in [1.807, 2.05) is 4.90 Å². The third kappa shape index (κ3) is 4.61. The summed E-state index contributed by atoms with van der Waals surface area (Å²) >= 11 is 0. The lowest BCUT2D eigenvalue weighted by Gasteiger charge is -2.47. The summed E-state index contributed by atoms with van der Waals surface area (Å²) in [6.07, 6.45) is 6.37. The van der Waals surface area contributed by atoms with E-state index >= 15 is 0 Å². The fraction of sp³-hybridized carbons (Fsp3) is 0.708. The number of likely N-dealkylation sites (tertiary alicyclic amines) is 2. The maximum atomic E-state index is 11.8. The quantitative estimate of drug-likeness (QED) is 0.849. The minimum Gasteiger partial charge on any atom is -0.388 e. The zero-order valence-electron chi connectivity index (χ0n) is 18.1. The lowest BCUT2D eigenvalue weighted by molar-refractivity contribution is -0.132. The summed E-state index contributed by atoms with van der Waals surface area (Å²) in [5, 5.41) is 11.4. The first kappa shape index (κ1) is 20.7. The van der Waals surface area contributed by atoms with Crippen molar-refractivity contribution in [3.63, 3.8) is 0 Å². The summed E-state index contributed by atoms with van der Waals surface area (Å²) in [4.78, 5) is 18.9. The van der Waals surface area contributed by atoms with Crippen LogP contribution in [0.3, 0.4) is 0 Å². The number of β-amino-alcohol motifs (C(OH)–C–C–N with tert-alkyl or cyclic N) is 1. The van der Waals surface area contributed by atoms with Gasteiger partial charge in [0.2, 0.25) is 5.91 Å². The van der Waals surface area contributed by atoms with Crippen molar-refractivity contribution in [3.05, 3.63) is 29.8 Å². The molecule has 0 spiro atoms. The fourth-order valence-corrected chi connectivity index (χ4v) is 5.77. The monoisotopic (exact) mass is 399 g/mol. The number of benzene rings is 1. The number of rotatable bonds is 3. The third-order valence-corrected chi connectivity index (χ3v) is 7.53. The Hall–Kier alpha value is -1.59. The number of carbonyl (C=O) groups excluding carboxylic acids is 1. The van der Waals surface area contributed by atoms with Crippen molar-refractivity contribution in [1.82, 2.24) is 9.80 Å². The van der Waals surface area contributed by atoms with Crippen LogP contribution in [0.5, 0.6) is 0 Å². The number of fused-ring (bicyclic) bond motifs is 1. The standard InChI is InChI=1S/C24H37N3O2/c1-19-7-3-4-9-22(19)25-15-11-24(29,12-16-25)18-27-13-6-5-8-21-17-26(20(2)28)14-10-23(21)27/h3-4,7,9,21,23,29H,5-6,8,10-18H2,1-2H3/t21-,23+/m1/s1. The van der Waals surface area contributed by atoms with Crippen LogP contribution in [-0.2, 0) is 4.79 Å². The normalized spacial score (nSPS) is 28.0. The Kier molecular flexibility index (Phi) is 6.16. The van der Waals surface area contributed by atoms with Crippen LogP contribution in [0, 0.1) is 12.8 Å². The summed E-state index contributed by atoms with van der Waals surface area (Å²) in [6, 6.07) is 9.08. The number of carbonyl (C=O) groups is 1. The Balaban J connectivity index is 1.39. The van der Waals surface area contributed by atoms with Gasteiger partial charge in [-0.3, -0.25) is 9.69 Å². The summed E-state index contributed by atoms with van der Waals surface area (Å²) in [5.41, 5.74) is 2.03. The first-order chi connectivity index (χ1) is 14.0. The molecule has 160 valence electrons. The van der Waals surface area contributed by atoms with Gasteiger partial charge in [0.15, 0.2) is 0 Å². The molecule has 0 saturated carbocycles. The summed E-state index contributed by atoms with van der Waals surface area (Å²) in [6.45, 7) is 9.34. The van der Waals surface area contributed by atoms with Crippen molar-refractivity contribution < 1.29 is 9.90 Å². The molecule has 5 heteroatoms. The van der Waals surface area contributed by atoms with Gasteiger partial charge in [-0.1, -0.05) is 24.6 Å². The number of amides is 1. The number of hydrogen-bond acceptors (Lipinski definition) is 4. The highest BCUT2D eigenvalue weighted by atomic mass is 16.3. The van der Waals surface area contributed by atoms with Gasteiger partial charge in [0.25, 0.3) is 0 Å². The van der Waals surface area contributed by atoms with E-state index in [9.17, 15) is 9.90 Å². The smallest absolute Gasteiger partial charge is 0.219 e. The second-order valence-electron chi connectivity index (χ2n) is 9.55. The van der Waals surface area contributed by atoms with E-state index in [-0.39, 0.29) is 5.91 Å². The Bertz CT molecular complexity index is 714. The average molecular weight is 400 g/mol. The molecular weight excluding hydrogens is 362 g/mol. The van der Waals surface area contributed by atoms with Crippen LogP contribution in [0.15, 0.2) is 24.3 Å². The van der Waals surface area contributed by atoms with Crippen LogP contribution >= 0.6 is 0 Å². The molecule has 1 amide bonds. The van der Waals surface area contributed by atoms with Gasteiger partial charge in [0, 0.05) is 51.4 Å². The molecule has 1 N–H and O–H groups in total. The molecule has 3 aliphatic heterocycles. The molecule has 1 aromatic carbocycles. The molecule has 0 unspecified atom stereocenters. The summed E-state index contributed by atoms with van der Waals surface area (Å²) < 4.78 is 0. The van der Waals surface area contributed by atoms with Crippen molar-refractivity contribution in [1.29, 1.82) is 0 Å². The number of para-hydroxylation sites is 1. The average Bonchev–Trinajstić information content (AvgIpc) is 2.91. The van der Waals surface area contributed by atoms with Crippen LogP contribution < -0.4 is 4.90 Å². The van der Waals surface area contributed by atoms with Gasteiger partial charge in [-0.25, -0.2) is 0 Å². The molecule has 0 radical (unpaired) electrons. The molecular formula is C24H37N3O2. The summed E-state index contributed by atoms with van der Waals surface area (Å²) in [5.74, 6) is 0.771. The predicted molar refractivity (Wildman–Crippen MR) is 117 cm³/mol. The molecule has 0 bridgehead atoms. The van der Waals surface area contributed by atoms with E-state index in [1.165, 1.54) is 30.5 Å². The Morgan fingerprint density at radius 1 is 1.10 bits per heavy atom. The topological polar surface area (TPSA) is 47.0 Å². The van der Waals surface area contributed by atoms with Gasteiger partial charge in [0.1, 0.15) is 0 Å². The Labute approximate surface area is 175 Å². The number of aryl methyl sites for hydroxylation is 1. The zero-order chi connectivity index (χ0) is 20.4. The van der Waals surface area contributed by atoms with Crippen molar-refractivity contribution in [2.75, 3.05) is 44.2 Å². The zero-order valence-corrected chi connectivity index (χ0v) is 18.1. The highest BCUT2D eigenvalue weighted by Gasteiger charge is 2.40. The molecule has 3 aliphatic rings. The molecule has 3 fully saturated rings. The highest BCUT2D eigenvalue weighted by Crippen LogP contribution is 2.34. The largest absolute Gasteiger partial charge is 0.388 e. The lowest BCUT2D eigenvalue weighted by atomic mass is 9.85. The fourth-order valence-electron chi connectivity index (χ4n) is 5.77. The first-order valence-electron chi connectivity index (χ1n) is 11.5. The van der Waals surface area contributed by atoms with Gasteiger partial charge < -0.3 is 14.9 Å². The van der Waals surface area contributed by atoms with Crippen LogP contribution in [0.2, 0.25) is 0 Å².